The quantitative estimate of drug-likeness (QED) is 0.563. The van der Waals surface area contributed by atoms with Crippen molar-refractivity contribution in [2.24, 2.45) is 4.99 Å². The number of thiazole rings is 1. The Kier molecular flexibility index (Phi) is 6.10. The number of ether oxygens (including phenoxy) is 2. The molecule has 3 aromatic rings. The molecule has 0 fully saturated rings. The summed E-state index contributed by atoms with van der Waals surface area (Å²) in [6.45, 7) is 5.77. The fourth-order valence-electron chi connectivity index (χ4n) is 3.82. The van der Waals surface area contributed by atoms with Gasteiger partial charge in [0, 0.05) is 0 Å². The van der Waals surface area contributed by atoms with E-state index in [4.69, 9.17) is 9.47 Å². The van der Waals surface area contributed by atoms with Crippen molar-refractivity contribution in [3.8, 4) is 5.75 Å². The standard InChI is InChI=1S/C25H24N2O4S/c1-5-31-24(29)21-16(3)26-25-27(22(21)17-9-7-6-8-10-17)23(28)20(32-25)14-18-11-12-19(30-4)13-15(18)2/h6-14,22H,5H2,1-4H3/t22-/m1/s1. The van der Waals surface area contributed by atoms with Crippen LogP contribution in [0.15, 0.2) is 69.6 Å². The van der Waals surface area contributed by atoms with E-state index in [0.717, 1.165) is 22.4 Å². The molecule has 1 atom stereocenters. The monoisotopic (exact) mass is 448 g/mol. The lowest BCUT2D eigenvalue weighted by molar-refractivity contribution is -0.139. The lowest BCUT2D eigenvalue weighted by atomic mass is 9.96. The second-order valence-corrected chi connectivity index (χ2v) is 8.44. The number of carbonyl (C=O) groups excluding carboxylic acids is 1. The SMILES string of the molecule is CCOC(=O)C1=C(C)N=c2sc(=Cc3ccc(OC)cc3C)c(=O)n2[C@@H]1c1ccccc1. The molecule has 2 heterocycles. The number of rotatable bonds is 5. The molecular weight excluding hydrogens is 424 g/mol. The van der Waals surface area contributed by atoms with Gasteiger partial charge in [0.15, 0.2) is 4.80 Å². The summed E-state index contributed by atoms with van der Waals surface area (Å²) in [7, 11) is 1.62. The largest absolute Gasteiger partial charge is 0.497 e. The number of fused-ring (bicyclic) bond motifs is 1. The van der Waals surface area contributed by atoms with Crippen molar-refractivity contribution in [1.29, 1.82) is 0 Å². The van der Waals surface area contributed by atoms with Gasteiger partial charge in [-0.3, -0.25) is 9.36 Å². The molecule has 7 heteroatoms. The van der Waals surface area contributed by atoms with Crippen LogP contribution in [0.1, 0.15) is 36.6 Å². The van der Waals surface area contributed by atoms with Gasteiger partial charge in [-0.1, -0.05) is 47.7 Å². The number of hydrogen-bond acceptors (Lipinski definition) is 6. The zero-order valence-electron chi connectivity index (χ0n) is 18.4. The number of aromatic nitrogens is 1. The van der Waals surface area contributed by atoms with Gasteiger partial charge in [-0.25, -0.2) is 9.79 Å². The van der Waals surface area contributed by atoms with E-state index in [0.29, 0.717) is 20.6 Å². The molecule has 0 N–H and O–H groups in total. The minimum absolute atomic E-state index is 0.188. The van der Waals surface area contributed by atoms with Crippen LogP contribution < -0.4 is 19.6 Å². The Balaban J connectivity index is 1.93. The molecule has 0 saturated carbocycles. The van der Waals surface area contributed by atoms with Gasteiger partial charge in [-0.2, -0.15) is 0 Å². The molecule has 0 unspecified atom stereocenters. The van der Waals surface area contributed by atoms with Crippen LogP contribution >= 0.6 is 11.3 Å². The molecule has 1 aliphatic rings. The second-order valence-electron chi connectivity index (χ2n) is 7.44. The van der Waals surface area contributed by atoms with Crippen molar-refractivity contribution in [2.45, 2.75) is 26.8 Å². The molecule has 1 aromatic heterocycles. The number of allylic oxidation sites excluding steroid dienone is 1. The summed E-state index contributed by atoms with van der Waals surface area (Å²) in [5.41, 5.74) is 3.51. The third-order valence-corrected chi connectivity index (χ3v) is 6.38. The first-order chi connectivity index (χ1) is 15.4. The number of hydrogen-bond donors (Lipinski definition) is 0. The Morgan fingerprint density at radius 2 is 1.94 bits per heavy atom. The molecule has 32 heavy (non-hydrogen) atoms. The Hall–Kier alpha value is -3.45. The number of methoxy groups -OCH3 is 1. The predicted octanol–water partition coefficient (Wildman–Crippen LogP) is 3.12. The van der Waals surface area contributed by atoms with E-state index in [1.54, 1.807) is 25.5 Å². The van der Waals surface area contributed by atoms with Crippen LogP contribution in [0, 0.1) is 6.92 Å². The Morgan fingerprint density at radius 3 is 2.59 bits per heavy atom. The number of nitrogens with zero attached hydrogens (tertiary/aromatic N) is 2. The van der Waals surface area contributed by atoms with Gasteiger partial charge in [0.1, 0.15) is 5.75 Å². The van der Waals surface area contributed by atoms with Gasteiger partial charge < -0.3 is 9.47 Å². The molecule has 2 aromatic carbocycles. The summed E-state index contributed by atoms with van der Waals surface area (Å²) in [6.07, 6.45) is 1.87. The van der Waals surface area contributed by atoms with Crippen LogP contribution in [0.25, 0.3) is 6.08 Å². The Morgan fingerprint density at radius 1 is 1.19 bits per heavy atom. The molecule has 0 saturated heterocycles. The van der Waals surface area contributed by atoms with Gasteiger partial charge >= 0.3 is 5.97 Å². The van der Waals surface area contributed by atoms with Crippen molar-refractivity contribution < 1.29 is 14.3 Å². The normalized spacial score (nSPS) is 15.9. The zero-order chi connectivity index (χ0) is 22.8. The van der Waals surface area contributed by atoms with Crippen molar-refractivity contribution >= 4 is 23.4 Å². The van der Waals surface area contributed by atoms with E-state index < -0.39 is 12.0 Å². The third-order valence-electron chi connectivity index (χ3n) is 5.40. The minimum Gasteiger partial charge on any atom is -0.497 e. The van der Waals surface area contributed by atoms with E-state index >= 15 is 0 Å². The summed E-state index contributed by atoms with van der Waals surface area (Å²) >= 11 is 1.32. The highest BCUT2D eigenvalue weighted by Gasteiger charge is 2.33. The van der Waals surface area contributed by atoms with Crippen molar-refractivity contribution in [2.75, 3.05) is 13.7 Å². The lowest BCUT2D eigenvalue weighted by Gasteiger charge is -2.24. The van der Waals surface area contributed by atoms with Gasteiger partial charge in [0.25, 0.3) is 5.56 Å². The first-order valence-corrected chi connectivity index (χ1v) is 11.2. The summed E-state index contributed by atoms with van der Waals surface area (Å²) < 4.78 is 12.7. The number of carbonyl (C=O) groups is 1. The van der Waals surface area contributed by atoms with Crippen molar-refractivity contribution in [3.63, 3.8) is 0 Å². The molecular formula is C25H24N2O4S. The number of benzene rings is 2. The van der Waals surface area contributed by atoms with Crippen LogP contribution in [0.4, 0.5) is 0 Å². The maximum atomic E-state index is 13.6. The van der Waals surface area contributed by atoms with E-state index in [-0.39, 0.29) is 12.2 Å². The first kappa shape index (κ1) is 21.8. The van der Waals surface area contributed by atoms with E-state index in [9.17, 15) is 9.59 Å². The van der Waals surface area contributed by atoms with Crippen LogP contribution in [0.5, 0.6) is 5.75 Å². The molecule has 164 valence electrons. The lowest BCUT2D eigenvalue weighted by Crippen LogP contribution is -2.39. The van der Waals surface area contributed by atoms with Crippen molar-refractivity contribution in [3.05, 3.63) is 96.2 Å². The second kappa shape index (κ2) is 8.96. The van der Waals surface area contributed by atoms with E-state index in [2.05, 4.69) is 4.99 Å². The zero-order valence-corrected chi connectivity index (χ0v) is 19.2. The van der Waals surface area contributed by atoms with Crippen LogP contribution in [0.3, 0.4) is 0 Å². The van der Waals surface area contributed by atoms with E-state index in [1.165, 1.54) is 11.3 Å². The molecule has 0 bridgehead atoms. The maximum Gasteiger partial charge on any atom is 0.338 e. The van der Waals surface area contributed by atoms with Gasteiger partial charge in [-0.15, -0.1) is 0 Å². The molecule has 0 radical (unpaired) electrons. The summed E-state index contributed by atoms with van der Waals surface area (Å²) in [5, 5.41) is 0. The first-order valence-electron chi connectivity index (χ1n) is 10.3. The van der Waals surface area contributed by atoms with Gasteiger partial charge in [0.05, 0.1) is 35.6 Å². The third kappa shape index (κ3) is 3.91. The van der Waals surface area contributed by atoms with Crippen molar-refractivity contribution in [1.82, 2.24) is 4.57 Å². The topological polar surface area (TPSA) is 69.9 Å². The highest BCUT2D eigenvalue weighted by atomic mass is 32.1. The fourth-order valence-corrected chi connectivity index (χ4v) is 4.86. The molecule has 0 amide bonds. The summed E-state index contributed by atoms with van der Waals surface area (Å²) in [5.74, 6) is 0.308. The Labute approximate surface area is 189 Å². The number of aryl methyl sites for hydroxylation is 1. The molecule has 0 spiro atoms. The molecule has 1 aliphatic heterocycles. The van der Waals surface area contributed by atoms with Crippen LogP contribution in [-0.4, -0.2) is 24.3 Å². The van der Waals surface area contributed by atoms with E-state index in [1.807, 2.05) is 61.5 Å². The maximum absolute atomic E-state index is 13.6. The van der Waals surface area contributed by atoms with Gasteiger partial charge in [-0.05, 0) is 55.7 Å². The fraction of sp³-hybridized carbons (Fsp3) is 0.240. The highest BCUT2D eigenvalue weighted by molar-refractivity contribution is 7.07. The average Bonchev–Trinajstić information content (AvgIpc) is 3.09. The van der Waals surface area contributed by atoms with Crippen LogP contribution in [0.2, 0.25) is 0 Å². The summed E-state index contributed by atoms with van der Waals surface area (Å²) in [6, 6.07) is 14.6. The number of esters is 1. The van der Waals surface area contributed by atoms with Crippen LogP contribution in [-0.2, 0) is 9.53 Å². The highest BCUT2D eigenvalue weighted by Crippen LogP contribution is 2.30. The molecule has 0 aliphatic carbocycles. The average molecular weight is 449 g/mol. The Bertz CT molecular complexity index is 1380. The minimum atomic E-state index is -0.592. The smallest absolute Gasteiger partial charge is 0.338 e. The predicted molar refractivity (Wildman–Crippen MR) is 125 cm³/mol. The molecule has 4 rings (SSSR count). The molecule has 6 nitrogen and oxygen atoms in total. The summed E-state index contributed by atoms with van der Waals surface area (Å²) in [4.78, 5) is 31.6. The van der Waals surface area contributed by atoms with Gasteiger partial charge in [0.2, 0.25) is 0 Å².